The number of hydrogen-bond acceptors (Lipinski definition) is 2. The van der Waals surface area contributed by atoms with Crippen molar-refractivity contribution in [1.29, 1.82) is 0 Å². The fourth-order valence-corrected chi connectivity index (χ4v) is 1.50. The van der Waals surface area contributed by atoms with E-state index in [1.165, 1.54) is 6.42 Å². The summed E-state index contributed by atoms with van der Waals surface area (Å²) >= 11 is 0. The second kappa shape index (κ2) is 0.644. The second-order valence-corrected chi connectivity index (χ2v) is 2.51. The molecule has 1 aliphatic carbocycles. The van der Waals surface area contributed by atoms with Crippen molar-refractivity contribution < 1.29 is 9.47 Å². The molecule has 0 aromatic rings. The summed E-state index contributed by atoms with van der Waals surface area (Å²) in [6, 6.07) is 0. The van der Waals surface area contributed by atoms with Gasteiger partial charge in [0.15, 0.2) is 0 Å². The van der Waals surface area contributed by atoms with Gasteiger partial charge in [0.05, 0.1) is 12.2 Å². The monoisotopic (exact) mass is 98.0 g/mol. The molecule has 38 valence electrons. The Morgan fingerprint density at radius 3 is 1.86 bits per heavy atom. The summed E-state index contributed by atoms with van der Waals surface area (Å²) in [5, 5.41) is 0. The molecule has 0 aromatic heterocycles. The first-order chi connectivity index (χ1) is 3.45. The Balaban J connectivity index is 2.02. The first-order valence-corrected chi connectivity index (χ1v) is 2.76. The van der Waals surface area contributed by atoms with Crippen LogP contribution in [0.4, 0.5) is 0 Å². The molecule has 0 N–H and O–H groups in total. The summed E-state index contributed by atoms with van der Waals surface area (Å²) in [7, 11) is 0. The molecule has 4 atom stereocenters. The SMILES string of the molecule is C1[C@@H]2O[C@@H]2[C@H]2O[C@@H]12. The van der Waals surface area contributed by atoms with E-state index >= 15 is 0 Å². The first kappa shape index (κ1) is 3.05. The lowest BCUT2D eigenvalue weighted by atomic mass is 10.4. The van der Waals surface area contributed by atoms with Gasteiger partial charge in [-0.2, -0.15) is 0 Å². The van der Waals surface area contributed by atoms with E-state index in [4.69, 9.17) is 9.47 Å². The lowest BCUT2D eigenvalue weighted by Gasteiger charge is -1.78. The van der Waals surface area contributed by atoms with Gasteiger partial charge in [0.1, 0.15) is 12.2 Å². The van der Waals surface area contributed by atoms with Crippen LogP contribution < -0.4 is 0 Å². The minimum absolute atomic E-state index is 0.532. The quantitative estimate of drug-likeness (QED) is 0.396. The van der Waals surface area contributed by atoms with Gasteiger partial charge in [-0.05, 0) is 0 Å². The van der Waals surface area contributed by atoms with Crippen molar-refractivity contribution in [3.8, 4) is 0 Å². The molecule has 0 bridgehead atoms. The van der Waals surface area contributed by atoms with Crippen LogP contribution in [0.1, 0.15) is 6.42 Å². The molecule has 3 rings (SSSR count). The van der Waals surface area contributed by atoms with Crippen molar-refractivity contribution in [2.45, 2.75) is 30.8 Å². The van der Waals surface area contributed by atoms with Crippen LogP contribution in [0.5, 0.6) is 0 Å². The fourth-order valence-electron chi connectivity index (χ4n) is 1.50. The average molecular weight is 98.1 g/mol. The molecule has 2 saturated heterocycles. The summed E-state index contributed by atoms with van der Waals surface area (Å²) in [5.74, 6) is 0. The number of rotatable bonds is 0. The summed E-state index contributed by atoms with van der Waals surface area (Å²) < 4.78 is 10.4. The Labute approximate surface area is 41.4 Å². The van der Waals surface area contributed by atoms with Gasteiger partial charge in [0.2, 0.25) is 0 Å². The topological polar surface area (TPSA) is 25.1 Å². The van der Waals surface area contributed by atoms with Crippen molar-refractivity contribution in [2.24, 2.45) is 0 Å². The van der Waals surface area contributed by atoms with Crippen LogP contribution >= 0.6 is 0 Å². The average Bonchev–Trinajstić information content (AvgIpc) is 2.47. The summed E-state index contributed by atoms with van der Waals surface area (Å²) in [4.78, 5) is 0. The molecule has 2 heterocycles. The molecule has 0 spiro atoms. The van der Waals surface area contributed by atoms with Gasteiger partial charge in [-0.3, -0.25) is 0 Å². The zero-order valence-electron chi connectivity index (χ0n) is 3.83. The molecule has 0 unspecified atom stereocenters. The normalized spacial score (nSPS) is 72.0. The van der Waals surface area contributed by atoms with Crippen LogP contribution in [0.3, 0.4) is 0 Å². The fraction of sp³-hybridized carbons (Fsp3) is 1.00. The molecular weight excluding hydrogens is 92.1 g/mol. The maximum absolute atomic E-state index is 5.18. The molecular formula is C5H6O2. The Bertz CT molecular complexity index is 109. The van der Waals surface area contributed by atoms with Crippen molar-refractivity contribution in [3.05, 3.63) is 0 Å². The van der Waals surface area contributed by atoms with E-state index in [-0.39, 0.29) is 0 Å². The number of ether oxygens (including phenoxy) is 2. The lowest BCUT2D eigenvalue weighted by molar-refractivity contribution is 0.325. The highest BCUT2D eigenvalue weighted by molar-refractivity contribution is 5.12. The standard InChI is InChI=1S/C5H6O2/c1-2-4(6-2)5-3(1)7-5/h2-5H,1H2/t2-,3-,4-,5-/m0/s1. The van der Waals surface area contributed by atoms with E-state index < -0.39 is 0 Å². The molecule has 2 aliphatic heterocycles. The number of fused-ring (bicyclic) bond motifs is 3. The first-order valence-electron chi connectivity index (χ1n) is 2.76. The predicted octanol–water partition coefficient (Wildman–Crippen LogP) is -0.0751. The highest BCUT2D eigenvalue weighted by atomic mass is 16.7. The summed E-state index contributed by atoms with van der Waals surface area (Å²) in [6.07, 6.45) is 3.47. The van der Waals surface area contributed by atoms with Crippen molar-refractivity contribution >= 4 is 0 Å². The van der Waals surface area contributed by atoms with E-state index in [1.807, 2.05) is 0 Å². The molecule has 1 saturated carbocycles. The molecule has 0 radical (unpaired) electrons. The highest BCUT2D eigenvalue weighted by Gasteiger charge is 2.65. The molecule has 0 aromatic carbocycles. The third-order valence-corrected chi connectivity index (χ3v) is 2.03. The minimum atomic E-state index is 0.532. The van der Waals surface area contributed by atoms with Crippen LogP contribution in [0.15, 0.2) is 0 Å². The van der Waals surface area contributed by atoms with Crippen molar-refractivity contribution in [1.82, 2.24) is 0 Å². The minimum Gasteiger partial charge on any atom is -0.367 e. The van der Waals surface area contributed by atoms with Crippen LogP contribution in [0, 0.1) is 0 Å². The van der Waals surface area contributed by atoms with Gasteiger partial charge >= 0.3 is 0 Å². The molecule has 2 heteroatoms. The maximum atomic E-state index is 5.18. The summed E-state index contributed by atoms with van der Waals surface area (Å²) in [5.41, 5.74) is 0. The zero-order chi connectivity index (χ0) is 4.43. The Kier molecular flexibility index (Phi) is 0.280. The lowest BCUT2D eigenvalue weighted by Crippen LogP contribution is -1.92. The molecule has 2 nitrogen and oxygen atoms in total. The van der Waals surface area contributed by atoms with E-state index in [9.17, 15) is 0 Å². The van der Waals surface area contributed by atoms with Crippen LogP contribution in [-0.2, 0) is 9.47 Å². The maximum Gasteiger partial charge on any atom is 0.113 e. The molecule has 0 amide bonds. The summed E-state index contributed by atoms with van der Waals surface area (Å²) in [6.45, 7) is 0. The largest absolute Gasteiger partial charge is 0.367 e. The van der Waals surface area contributed by atoms with Crippen LogP contribution in [-0.4, -0.2) is 24.4 Å². The number of hydrogen-bond donors (Lipinski definition) is 0. The smallest absolute Gasteiger partial charge is 0.113 e. The van der Waals surface area contributed by atoms with Gasteiger partial charge < -0.3 is 9.47 Å². The van der Waals surface area contributed by atoms with Gasteiger partial charge in [0, 0.05) is 6.42 Å². The Morgan fingerprint density at radius 1 is 1.00 bits per heavy atom. The van der Waals surface area contributed by atoms with Crippen molar-refractivity contribution in [3.63, 3.8) is 0 Å². The third kappa shape index (κ3) is 0.229. The third-order valence-electron chi connectivity index (χ3n) is 2.03. The van der Waals surface area contributed by atoms with Crippen LogP contribution in [0.2, 0.25) is 0 Å². The predicted molar refractivity (Wildman–Crippen MR) is 21.9 cm³/mol. The zero-order valence-corrected chi connectivity index (χ0v) is 3.83. The second-order valence-electron chi connectivity index (χ2n) is 2.51. The van der Waals surface area contributed by atoms with Gasteiger partial charge in [-0.25, -0.2) is 0 Å². The number of epoxide rings is 2. The van der Waals surface area contributed by atoms with E-state index in [1.54, 1.807) is 0 Å². The van der Waals surface area contributed by atoms with Gasteiger partial charge in [-0.1, -0.05) is 0 Å². The highest BCUT2D eigenvalue weighted by Crippen LogP contribution is 2.50. The Hall–Kier alpha value is -0.0800. The van der Waals surface area contributed by atoms with Crippen molar-refractivity contribution in [2.75, 3.05) is 0 Å². The van der Waals surface area contributed by atoms with Gasteiger partial charge in [-0.15, -0.1) is 0 Å². The molecule has 7 heavy (non-hydrogen) atoms. The van der Waals surface area contributed by atoms with E-state index in [2.05, 4.69) is 0 Å². The Morgan fingerprint density at radius 2 is 1.57 bits per heavy atom. The molecule has 3 fully saturated rings. The van der Waals surface area contributed by atoms with E-state index in [0.29, 0.717) is 24.4 Å². The van der Waals surface area contributed by atoms with Crippen LogP contribution in [0.25, 0.3) is 0 Å². The van der Waals surface area contributed by atoms with E-state index in [0.717, 1.165) is 0 Å². The van der Waals surface area contributed by atoms with Gasteiger partial charge in [0.25, 0.3) is 0 Å². The molecule has 3 aliphatic rings.